The Labute approximate surface area is 113 Å². The summed E-state index contributed by atoms with van der Waals surface area (Å²) in [4.78, 5) is 8.53. The van der Waals surface area contributed by atoms with Gasteiger partial charge in [-0.1, -0.05) is 42.6 Å². The van der Waals surface area contributed by atoms with Gasteiger partial charge >= 0.3 is 0 Å². The van der Waals surface area contributed by atoms with E-state index in [0.717, 1.165) is 29.7 Å². The topological polar surface area (TPSA) is 25.8 Å². The fourth-order valence-electron chi connectivity index (χ4n) is 2.09. The summed E-state index contributed by atoms with van der Waals surface area (Å²) in [6, 6.07) is 6.39. The lowest BCUT2D eigenvalue weighted by atomic mass is 9.98. The third-order valence-corrected chi connectivity index (χ3v) is 3.37. The lowest BCUT2D eigenvalue weighted by Crippen LogP contribution is -1.98. The van der Waals surface area contributed by atoms with Crippen molar-refractivity contribution in [3.8, 4) is 11.3 Å². The number of rotatable bonds is 3. The zero-order valence-corrected chi connectivity index (χ0v) is 11.8. The van der Waals surface area contributed by atoms with Gasteiger partial charge < -0.3 is 0 Å². The first-order chi connectivity index (χ1) is 8.63. The smallest absolute Gasteiger partial charge is 0.136 e. The molecule has 0 saturated heterocycles. The monoisotopic (exact) mass is 260 g/mol. The van der Waals surface area contributed by atoms with Crippen LogP contribution in [0.4, 0.5) is 0 Å². The normalized spacial score (nSPS) is 10.7. The predicted octanol–water partition coefficient (Wildman–Crippen LogP) is 4.37. The van der Waals surface area contributed by atoms with Crippen LogP contribution in [0.2, 0.25) is 5.15 Å². The van der Waals surface area contributed by atoms with E-state index in [0.29, 0.717) is 5.15 Å². The Balaban J connectivity index is 2.63. The second kappa shape index (κ2) is 5.49. The third-order valence-electron chi connectivity index (χ3n) is 3.04. The predicted molar refractivity (Wildman–Crippen MR) is 75.9 cm³/mol. The van der Waals surface area contributed by atoms with E-state index in [4.69, 9.17) is 11.6 Å². The second-order valence-corrected chi connectivity index (χ2v) is 4.92. The molecule has 0 amide bonds. The molecule has 0 aliphatic carbocycles. The van der Waals surface area contributed by atoms with E-state index in [9.17, 15) is 0 Å². The molecule has 2 rings (SSSR count). The summed E-state index contributed by atoms with van der Waals surface area (Å²) in [6.45, 7) is 6.32. The van der Waals surface area contributed by atoms with Gasteiger partial charge in [-0.25, -0.2) is 9.97 Å². The molecule has 3 heteroatoms. The average Bonchev–Trinajstić information content (AvgIpc) is 2.35. The number of hydrogen-bond acceptors (Lipinski definition) is 2. The first kappa shape index (κ1) is 13.0. The first-order valence-corrected chi connectivity index (χ1v) is 6.58. The summed E-state index contributed by atoms with van der Waals surface area (Å²) in [5, 5.41) is 0.572. The summed E-state index contributed by atoms with van der Waals surface area (Å²) in [5.74, 6) is 0. The maximum Gasteiger partial charge on any atom is 0.136 e. The van der Waals surface area contributed by atoms with Crippen molar-refractivity contribution >= 4 is 11.6 Å². The van der Waals surface area contributed by atoms with Crippen LogP contribution in [-0.4, -0.2) is 9.97 Å². The van der Waals surface area contributed by atoms with E-state index < -0.39 is 0 Å². The minimum Gasteiger partial charge on any atom is -0.236 e. The largest absolute Gasteiger partial charge is 0.236 e. The lowest BCUT2D eigenvalue weighted by Gasteiger charge is -2.12. The van der Waals surface area contributed by atoms with Gasteiger partial charge in [0, 0.05) is 11.1 Å². The van der Waals surface area contributed by atoms with E-state index in [1.165, 1.54) is 11.1 Å². The molecule has 0 radical (unpaired) electrons. The molecule has 0 unspecified atom stereocenters. The van der Waals surface area contributed by atoms with Crippen LogP contribution in [-0.2, 0) is 6.42 Å². The van der Waals surface area contributed by atoms with Crippen LogP contribution in [0.15, 0.2) is 24.5 Å². The molecule has 2 aromatic rings. The van der Waals surface area contributed by atoms with Crippen LogP contribution in [0, 0.1) is 13.8 Å². The van der Waals surface area contributed by atoms with Crippen LogP contribution >= 0.6 is 11.6 Å². The number of hydrogen-bond donors (Lipinski definition) is 0. The van der Waals surface area contributed by atoms with Gasteiger partial charge in [-0.15, -0.1) is 0 Å². The summed E-state index contributed by atoms with van der Waals surface area (Å²) >= 11 is 6.20. The van der Waals surface area contributed by atoms with Gasteiger partial charge in [0.25, 0.3) is 0 Å². The summed E-state index contributed by atoms with van der Waals surface area (Å²) < 4.78 is 0. The van der Waals surface area contributed by atoms with Crippen molar-refractivity contribution in [3.63, 3.8) is 0 Å². The lowest BCUT2D eigenvalue weighted by molar-refractivity contribution is 0.903. The first-order valence-electron chi connectivity index (χ1n) is 6.20. The molecule has 0 aliphatic heterocycles. The van der Waals surface area contributed by atoms with Gasteiger partial charge in [0.1, 0.15) is 11.5 Å². The van der Waals surface area contributed by atoms with Gasteiger partial charge in [0.2, 0.25) is 0 Å². The molecule has 0 atom stereocenters. The van der Waals surface area contributed by atoms with Crippen molar-refractivity contribution in [1.29, 1.82) is 0 Å². The van der Waals surface area contributed by atoms with Crippen molar-refractivity contribution in [3.05, 3.63) is 46.4 Å². The Kier molecular flexibility index (Phi) is 3.97. The summed E-state index contributed by atoms with van der Waals surface area (Å²) in [6.07, 6.45) is 3.48. The highest BCUT2D eigenvalue weighted by molar-refractivity contribution is 6.30. The Morgan fingerprint density at radius 1 is 1.17 bits per heavy atom. The standard InChI is InChI=1S/C15H17ClN2/c1-4-5-12-14(17-9-18-15(12)16)13-8-10(2)6-7-11(13)3/h6-9H,4-5H2,1-3H3. The minimum absolute atomic E-state index is 0.572. The van der Waals surface area contributed by atoms with E-state index >= 15 is 0 Å². The van der Waals surface area contributed by atoms with Crippen molar-refractivity contribution < 1.29 is 0 Å². The Morgan fingerprint density at radius 2 is 1.94 bits per heavy atom. The maximum atomic E-state index is 6.20. The molecule has 0 saturated carbocycles. The van der Waals surface area contributed by atoms with E-state index in [1.807, 2.05) is 0 Å². The molecule has 1 aromatic heterocycles. The van der Waals surface area contributed by atoms with Crippen LogP contribution in [0.25, 0.3) is 11.3 Å². The van der Waals surface area contributed by atoms with Gasteiger partial charge in [-0.2, -0.15) is 0 Å². The molecular formula is C15H17ClN2. The fraction of sp³-hybridized carbons (Fsp3) is 0.333. The number of aromatic nitrogens is 2. The van der Waals surface area contributed by atoms with Gasteiger partial charge in [-0.3, -0.25) is 0 Å². The van der Waals surface area contributed by atoms with Gasteiger partial charge in [0.15, 0.2) is 0 Å². The molecule has 0 fully saturated rings. The molecule has 18 heavy (non-hydrogen) atoms. The molecule has 94 valence electrons. The van der Waals surface area contributed by atoms with Crippen molar-refractivity contribution in [1.82, 2.24) is 9.97 Å². The molecule has 0 N–H and O–H groups in total. The Bertz CT molecular complexity index is 564. The highest BCUT2D eigenvalue weighted by Gasteiger charge is 2.12. The fourth-order valence-corrected chi connectivity index (χ4v) is 2.31. The molecular weight excluding hydrogens is 244 g/mol. The zero-order chi connectivity index (χ0) is 13.1. The molecule has 0 spiro atoms. The summed E-state index contributed by atoms with van der Waals surface area (Å²) in [5.41, 5.74) is 5.62. The van der Waals surface area contributed by atoms with Crippen LogP contribution in [0.3, 0.4) is 0 Å². The van der Waals surface area contributed by atoms with Gasteiger partial charge in [0.05, 0.1) is 5.69 Å². The van der Waals surface area contributed by atoms with Gasteiger partial charge in [-0.05, 0) is 31.9 Å². The quantitative estimate of drug-likeness (QED) is 0.766. The Morgan fingerprint density at radius 3 is 2.67 bits per heavy atom. The van der Waals surface area contributed by atoms with Crippen LogP contribution in [0.1, 0.15) is 30.0 Å². The number of aryl methyl sites for hydroxylation is 2. The minimum atomic E-state index is 0.572. The SMILES string of the molecule is CCCc1c(Cl)ncnc1-c1cc(C)ccc1C. The maximum absolute atomic E-state index is 6.20. The molecule has 2 nitrogen and oxygen atoms in total. The molecule has 1 heterocycles. The molecule has 1 aromatic carbocycles. The average molecular weight is 261 g/mol. The highest BCUT2D eigenvalue weighted by atomic mass is 35.5. The molecule has 0 aliphatic rings. The second-order valence-electron chi connectivity index (χ2n) is 4.56. The van der Waals surface area contributed by atoms with Crippen molar-refractivity contribution in [2.75, 3.05) is 0 Å². The van der Waals surface area contributed by atoms with Crippen molar-refractivity contribution in [2.45, 2.75) is 33.6 Å². The highest BCUT2D eigenvalue weighted by Crippen LogP contribution is 2.29. The van der Waals surface area contributed by atoms with Crippen molar-refractivity contribution in [2.24, 2.45) is 0 Å². The number of halogens is 1. The Hall–Kier alpha value is -1.41. The molecule has 0 bridgehead atoms. The van der Waals surface area contributed by atoms with E-state index in [-0.39, 0.29) is 0 Å². The van der Waals surface area contributed by atoms with E-state index in [2.05, 4.69) is 48.9 Å². The third kappa shape index (κ3) is 2.54. The summed E-state index contributed by atoms with van der Waals surface area (Å²) in [7, 11) is 0. The van der Waals surface area contributed by atoms with Crippen LogP contribution < -0.4 is 0 Å². The van der Waals surface area contributed by atoms with Crippen LogP contribution in [0.5, 0.6) is 0 Å². The number of nitrogens with zero attached hydrogens (tertiary/aromatic N) is 2. The zero-order valence-electron chi connectivity index (χ0n) is 11.0. The number of benzene rings is 1. The van der Waals surface area contributed by atoms with E-state index in [1.54, 1.807) is 6.33 Å².